The molecule has 0 aromatic carbocycles. The number of aryl methyl sites for hydroxylation is 1. The van der Waals surface area contributed by atoms with Gasteiger partial charge in [0.1, 0.15) is 4.90 Å². The Kier molecular flexibility index (Phi) is 5.15. The lowest BCUT2D eigenvalue weighted by Gasteiger charge is -2.26. The molecule has 6 nitrogen and oxygen atoms in total. The molecule has 1 saturated carbocycles. The van der Waals surface area contributed by atoms with E-state index in [1.54, 1.807) is 6.92 Å². The second kappa shape index (κ2) is 6.01. The highest BCUT2D eigenvalue weighted by Gasteiger charge is 2.25. The molecule has 0 unspecified atom stereocenters. The van der Waals surface area contributed by atoms with E-state index in [9.17, 15) is 8.42 Å². The molecule has 0 aliphatic heterocycles. The Bertz CT molecular complexity index is 480. The number of hydrogen-bond donors (Lipinski definition) is 3. The maximum Gasteiger partial charge on any atom is 0.244 e. The maximum atomic E-state index is 12.1. The number of aromatic nitrogens is 2. The van der Waals surface area contributed by atoms with Crippen LogP contribution in [0.5, 0.6) is 0 Å². The summed E-state index contributed by atoms with van der Waals surface area (Å²) in [5.41, 5.74) is 6.35. The van der Waals surface area contributed by atoms with E-state index in [4.69, 9.17) is 5.73 Å². The Morgan fingerprint density at radius 2 is 2.00 bits per heavy atom. The van der Waals surface area contributed by atoms with Gasteiger partial charge in [-0.2, -0.15) is 5.10 Å². The van der Waals surface area contributed by atoms with Crippen molar-refractivity contribution in [3.8, 4) is 0 Å². The predicted octanol–water partition coefficient (Wildman–Crippen LogP) is 0.688. The minimum Gasteiger partial charge on any atom is -0.328 e. The van der Waals surface area contributed by atoms with E-state index in [2.05, 4.69) is 14.9 Å². The summed E-state index contributed by atoms with van der Waals surface area (Å²) in [6, 6.07) is 0.209. The molecule has 1 aromatic heterocycles. The average Bonchev–Trinajstić information content (AvgIpc) is 2.68. The van der Waals surface area contributed by atoms with Crippen LogP contribution in [0, 0.1) is 6.92 Å². The number of H-pyrrole nitrogens is 1. The van der Waals surface area contributed by atoms with E-state index in [-0.39, 0.29) is 29.4 Å². The van der Waals surface area contributed by atoms with E-state index in [1.165, 1.54) is 6.20 Å². The third-order valence-corrected chi connectivity index (χ3v) is 4.80. The quantitative estimate of drug-likeness (QED) is 0.763. The number of nitrogens with zero attached hydrogens (tertiary/aromatic N) is 1. The van der Waals surface area contributed by atoms with Crippen LogP contribution in [-0.4, -0.2) is 30.7 Å². The Balaban J connectivity index is 0.00000162. The fraction of sp³-hybridized carbons (Fsp3) is 0.700. The van der Waals surface area contributed by atoms with Gasteiger partial charge in [-0.25, -0.2) is 13.1 Å². The second-order valence-electron chi connectivity index (χ2n) is 4.59. The molecule has 18 heavy (non-hydrogen) atoms. The number of halogens is 1. The van der Waals surface area contributed by atoms with Gasteiger partial charge in [-0.15, -0.1) is 12.4 Å². The lowest BCUT2D eigenvalue weighted by Crippen LogP contribution is -2.40. The zero-order valence-corrected chi connectivity index (χ0v) is 11.9. The van der Waals surface area contributed by atoms with Gasteiger partial charge in [0.15, 0.2) is 0 Å². The molecule has 0 radical (unpaired) electrons. The van der Waals surface area contributed by atoms with Crippen LogP contribution in [0.15, 0.2) is 11.1 Å². The normalized spacial score (nSPS) is 24.6. The van der Waals surface area contributed by atoms with Gasteiger partial charge in [0, 0.05) is 12.1 Å². The van der Waals surface area contributed by atoms with Crippen molar-refractivity contribution < 1.29 is 8.42 Å². The summed E-state index contributed by atoms with van der Waals surface area (Å²) in [5.74, 6) is 0. The van der Waals surface area contributed by atoms with Gasteiger partial charge in [0.2, 0.25) is 10.0 Å². The second-order valence-corrected chi connectivity index (χ2v) is 6.27. The minimum atomic E-state index is -3.45. The van der Waals surface area contributed by atoms with Gasteiger partial charge in [-0.3, -0.25) is 5.10 Å². The van der Waals surface area contributed by atoms with Crippen LogP contribution in [0.1, 0.15) is 31.4 Å². The number of nitrogens with one attached hydrogen (secondary N) is 2. The summed E-state index contributed by atoms with van der Waals surface area (Å²) in [5, 5.41) is 6.36. The van der Waals surface area contributed by atoms with Crippen LogP contribution in [0.3, 0.4) is 0 Å². The van der Waals surface area contributed by atoms with E-state index in [0.717, 1.165) is 25.7 Å². The molecule has 1 heterocycles. The molecule has 0 spiro atoms. The monoisotopic (exact) mass is 294 g/mol. The molecule has 8 heteroatoms. The van der Waals surface area contributed by atoms with Gasteiger partial charge in [-0.05, 0) is 32.6 Å². The van der Waals surface area contributed by atoms with Crippen molar-refractivity contribution in [3.05, 3.63) is 11.9 Å². The van der Waals surface area contributed by atoms with Gasteiger partial charge in [0.25, 0.3) is 0 Å². The summed E-state index contributed by atoms with van der Waals surface area (Å²) in [6.07, 6.45) is 4.69. The molecular formula is C10H19ClN4O2S. The van der Waals surface area contributed by atoms with Gasteiger partial charge in [-0.1, -0.05) is 0 Å². The van der Waals surface area contributed by atoms with Gasteiger partial charge < -0.3 is 5.73 Å². The summed E-state index contributed by atoms with van der Waals surface area (Å²) in [7, 11) is -3.45. The average molecular weight is 295 g/mol. The first-order valence-corrected chi connectivity index (χ1v) is 7.25. The molecule has 0 saturated heterocycles. The van der Waals surface area contributed by atoms with Crippen molar-refractivity contribution in [2.75, 3.05) is 0 Å². The highest BCUT2D eigenvalue weighted by molar-refractivity contribution is 7.89. The molecule has 0 amide bonds. The Morgan fingerprint density at radius 1 is 1.39 bits per heavy atom. The number of aromatic amines is 1. The molecule has 0 atom stereocenters. The molecule has 1 aliphatic rings. The molecule has 104 valence electrons. The fourth-order valence-corrected chi connectivity index (χ4v) is 3.57. The van der Waals surface area contributed by atoms with Crippen molar-refractivity contribution in [3.63, 3.8) is 0 Å². The standard InChI is InChI=1S/C10H18N4O2S.ClH/c1-7-10(6-12-13-7)17(15,16)14-9-4-2-8(11)3-5-9;/h6,8-9,14H,2-5,11H2,1H3,(H,12,13);1H. The van der Waals surface area contributed by atoms with Crippen molar-refractivity contribution in [1.82, 2.24) is 14.9 Å². The smallest absolute Gasteiger partial charge is 0.244 e. The fourth-order valence-electron chi connectivity index (χ4n) is 2.13. The van der Waals surface area contributed by atoms with Gasteiger partial charge >= 0.3 is 0 Å². The minimum absolute atomic E-state index is 0. The number of hydrogen-bond acceptors (Lipinski definition) is 4. The first kappa shape index (κ1) is 15.4. The third kappa shape index (κ3) is 3.44. The van der Waals surface area contributed by atoms with Crippen LogP contribution in [-0.2, 0) is 10.0 Å². The molecule has 0 bridgehead atoms. The maximum absolute atomic E-state index is 12.1. The molecule has 1 fully saturated rings. The lowest BCUT2D eigenvalue weighted by molar-refractivity contribution is 0.373. The van der Waals surface area contributed by atoms with E-state index in [1.807, 2.05) is 0 Å². The zero-order valence-electron chi connectivity index (χ0n) is 10.2. The topological polar surface area (TPSA) is 101 Å². The molecule has 1 aliphatic carbocycles. The summed E-state index contributed by atoms with van der Waals surface area (Å²) in [4.78, 5) is 0.229. The van der Waals surface area contributed by atoms with Crippen molar-refractivity contribution in [2.45, 2.75) is 49.6 Å². The third-order valence-electron chi connectivity index (χ3n) is 3.17. The molecule has 1 aromatic rings. The highest BCUT2D eigenvalue weighted by Crippen LogP contribution is 2.20. The largest absolute Gasteiger partial charge is 0.328 e. The molecule has 2 rings (SSSR count). The van der Waals surface area contributed by atoms with Crippen molar-refractivity contribution in [2.24, 2.45) is 5.73 Å². The highest BCUT2D eigenvalue weighted by atomic mass is 35.5. The van der Waals surface area contributed by atoms with E-state index in [0.29, 0.717) is 5.69 Å². The first-order chi connectivity index (χ1) is 7.99. The van der Waals surface area contributed by atoms with Crippen LogP contribution >= 0.6 is 12.4 Å². The first-order valence-electron chi connectivity index (χ1n) is 5.77. The van der Waals surface area contributed by atoms with Crippen LogP contribution < -0.4 is 10.5 Å². The summed E-state index contributed by atoms with van der Waals surface area (Å²) < 4.78 is 26.8. The number of rotatable bonds is 3. The summed E-state index contributed by atoms with van der Waals surface area (Å²) >= 11 is 0. The zero-order chi connectivity index (χ0) is 12.5. The van der Waals surface area contributed by atoms with Crippen molar-refractivity contribution >= 4 is 22.4 Å². The lowest BCUT2D eigenvalue weighted by atomic mass is 9.93. The van der Waals surface area contributed by atoms with Crippen molar-refractivity contribution in [1.29, 1.82) is 0 Å². The number of nitrogens with two attached hydrogens (primary N) is 1. The van der Waals surface area contributed by atoms with E-state index < -0.39 is 10.0 Å². The predicted molar refractivity (Wildman–Crippen MR) is 71.1 cm³/mol. The molecular weight excluding hydrogens is 276 g/mol. The Labute approximate surface area is 113 Å². The van der Waals surface area contributed by atoms with Crippen LogP contribution in [0.2, 0.25) is 0 Å². The van der Waals surface area contributed by atoms with Gasteiger partial charge in [0.05, 0.1) is 11.9 Å². The summed E-state index contributed by atoms with van der Waals surface area (Å²) in [6.45, 7) is 1.69. The Morgan fingerprint density at radius 3 is 2.50 bits per heavy atom. The number of sulfonamides is 1. The molecule has 4 N–H and O–H groups in total. The van der Waals surface area contributed by atoms with E-state index >= 15 is 0 Å². The van der Waals surface area contributed by atoms with Crippen LogP contribution in [0.4, 0.5) is 0 Å². The van der Waals surface area contributed by atoms with Crippen LogP contribution in [0.25, 0.3) is 0 Å². The SMILES string of the molecule is Cc1[nH]ncc1S(=O)(=O)NC1CCC(N)CC1.Cl. The Hall–Kier alpha value is -0.630.